The Morgan fingerprint density at radius 2 is 2.00 bits per heavy atom. The summed E-state index contributed by atoms with van der Waals surface area (Å²) in [4.78, 5) is 0. The van der Waals surface area contributed by atoms with E-state index >= 15 is 0 Å². The lowest BCUT2D eigenvalue weighted by atomic mass is 10.1. The van der Waals surface area contributed by atoms with E-state index in [9.17, 15) is 8.78 Å². The topological polar surface area (TPSA) is 40.7 Å². The smallest absolute Gasteiger partial charge is 0.128 e. The summed E-state index contributed by atoms with van der Waals surface area (Å²) in [5.74, 6) is -0.868. The van der Waals surface area contributed by atoms with Crippen molar-refractivity contribution in [3.8, 4) is 0 Å². The maximum Gasteiger partial charge on any atom is 0.128 e. The molecule has 1 heterocycles. The number of nitrogens with zero attached hydrogens (tertiary/aromatic N) is 1. The summed E-state index contributed by atoms with van der Waals surface area (Å²) >= 11 is 0. The third-order valence-electron chi connectivity index (χ3n) is 3.25. The standard InChI is InChI=1S/C15H13F2N3/c1-9(13-6-11(16)3-5-14(13)17)19-12-4-2-10-8-18-20-15(10)7-12/h2-9,19H,1H3,(H,18,20). The molecule has 0 amide bonds. The van der Waals surface area contributed by atoms with Crippen molar-refractivity contribution in [3.63, 3.8) is 0 Å². The number of rotatable bonds is 3. The number of fused-ring (bicyclic) bond motifs is 1. The van der Waals surface area contributed by atoms with E-state index in [0.29, 0.717) is 5.56 Å². The second-order valence-electron chi connectivity index (χ2n) is 4.70. The van der Waals surface area contributed by atoms with Crippen molar-refractivity contribution < 1.29 is 8.78 Å². The zero-order valence-corrected chi connectivity index (χ0v) is 10.8. The molecule has 1 unspecified atom stereocenters. The molecule has 1 aromatic heterocycles. The fourth-order valence-electron chi connectivity index (χ4n) is 2.20. The third-order valence-corrected chi connectivity index (χ3v) is 3.25. The van der Waals surface area contributed by atoms with Crippen molar-refractivity contribution in [2.75, 3.05) is 5.32 Å². The molecule has 3 aromatic rings. The monoisotopic (exact) mass is 273 g/mol. The number of halogens is 2. The van der Waals surface area contributed by atoms with Gasteiger partial charge in [0.25, 0.3) is 0 Å². The SMILES string of the molecule is CC(Nc1ccc2cn[nH]c2c1)c1cc(F)ccc1F. The minimum atomic E-state index is -0.445. The molecule has 0 spiro atoms. The maximum atomic E-state index is 13.7. The third kappa shape index (κ3) is 2.34. The van der Waals surface area contributed by atoms with Crippen LogP contribution in [0.25, 0.3) is 10.9 Å². The lowest BCUT2D eigenvalue weighted by molar-refractivity contribution is 0.577. The van der Waals surface area contributed by atoms with Crippen LogP contribution in [0.1, 0.15) is 18.5 Å². The number of aromatic amines is 1. The van der Waals surface area contributed by atoms with E-state index in [-0.39, 0.29) is 6.04 Å². The molecule has 3 nitrogen and oxygen atoms in total. The van der Waals surface area contributed by atoms with Gasteiger partial charge in [-0.3, -0.25) is 5.10 Å². The van der Waals surface area contributed by atoms with Crippen LogP contribution in [0.5, 0.6) is 0 Å². The highest BCUT2D eigenvalue weighted by Crippen LogP contribution is 2.24. The van der Waals surface area contributed by atoms with Gasteiger partial charge in [0.2, 0.25) is 0 Å². The Morgan fingerprint density at radius 3 is 2.85 bits per heavy atom. The van der Waals surface area contributed by atoms with Crippen LogP contribution in [0.4, 0.5) is 14.5 Å². The molecule has 20 heavy (non-hydrogen) atoms. The molecule has 0 radical (unpaired) electrons. The molecule has 0 saturated heterocycles. The van der Waals surface area contributed by atoms with Gasteiger partial charge < -0.3 is 5.32 Å². The Hall–Kier alpha value is -2.43. The molecule has 0 aliphatic heterocycles. The largest absolute Gasteiger partial charge is 0.378 e. The van der Waals surface area contributed by atoms with Gasteiger partial charge in [-0.15, -0.1) is 0 Å². The predicted molar refractivity (Wildman–Crippen MR) is 74.5 cm³/mol. The number of nitrogens with one attached hydrogen (secondary N) is 2. The summed E-state index contributed by atoms with van der Waals surface area (Å²) in [7, 11) is 0. The van der Waals surface area contributed by atoms with Crippen molar-refractivity contribution in [1.82, 2.24) is 10.2 Å². The van der Waals surface area contributed by atoms with Gasteiger partial charge in [0.05, 0.1) is 17.8 Å². The molecule has 0 aliphatic carbocycles. The summed E-state index contributed by atoms with van der Waals surface area (Å²) in [6, 6.07) is 8.80. The van der Waals surface area contributed by atoms with Gasteiger partial charge in [-0.05, 0) is 43.3 Å². The van der Waals surface area contributed by atoms with E-state index in [2.05, 4.69) is 15.5 Å². The number of hydrogen-bond acceptors (Lipinski definition) is 2. The van der Waals surface area contributed by atoms with Crippen LogP contribution in [0.2, 0.25) is 0 Å². The molecular weight excluding hydrogens is 260 g/mol. The van der Waals surface area contributed by atoms with Crippen molar-refractivity contribution >= 4 is 16.6 Å². The van der Waals surface area contributed by atoms with Crippen molar-refractivity contribution in [1.29, 1.82) is 0 Å². The molecule has 2 aromatic carbocycles. The van der Waals surface area contributed by atoms with Gasteiger partial charge in [0.1, 0.15) is 11.6 Å². The van der Waals surface area contributed by atoms with Gasteiger partial charge in [0, 0.05) is 16.6 Å². The molecule has 1 atom stereocenters. The van der Waals surface area contributed by atoms with Gasteiger partial charge >= 0.3 is 0 Å². The van der Waals surface area contributed by atoms with Gasteiger partial charge in [0.15, 0.2) is 0 Å². The van der Waals surface area contributed by atoms with Crippen molar-refractivity contribution in [3.05, 3.63) is 59.8 Å². The van der Waals surface area contributed by atoms with Crippen LogP contribution in [0.15, 0.2) is 42.6 Å². The van der Waals surface area contributed by atoms with E-state index < -0.39 is 11.6 Å². The highest BCUT2D eigenvalue weighted by Gasteiger charge is 2.12. The van der Waals surface area contributed by atoms with Crippen LogP contribution >= 0.6 is 0 Å². The van der Waals surface area contributed by atoms with Crippen LogP contribution in [0, 0.1) is 11.6 Å². The second kappa shape index (κ2) is 4.92. The van der Waals surface area contributed by atoms with Crippen LogP contribution < -0.4 is 5.32 Å². The number of hydrogen-bond donors (Lipinski definition) is 2. The van der Waals surface area contributed by atoms with Crippen molar-refractivity contribution in [2.45, 2.75) is 13.0 Å². The van der Waals surface area contributed by atoms with Gasteiger partial charge in [-0.25, -0.2) is 8.78 Å². The second-order valence-corrected chi connectivity index (χ2v) is 4.70. The first-order valence-electron chi connectivity index (χ1n) is 6.28. The predicted octanol–water partition coefficient (Wildman–Crippen LogP) is 4.01. The molecule has 102 valence electrons. The summed E-state index contributed by atoms with van der Waals surface area (Å²) in [5.41, 5.74) is 2.01. The molecule has 3 rings (SSSR count). The Balaban J connectivity index is 1.87. The average Bonchev–Trinajstić information content (AvgIpc) is 2.89. The van der Waals surface area contributed by atoms with Gasteiger partial charge in [-0.2, -0.15) is 5.10 Å². The lowest BCUT2D eigenvalue weighted by Gasteiger charge is -2.16. The number of anilines is 1. The Bertz CT molecular complexity index is 752. The van der Waals surface area contributed by atoms with E-state index in [0.717, 1.165) is 28.7 Å². The fourth-order valence-corrected chi connectivity index (χ4v) is 2.20. The quantitative estimate of drug-likeness (QED) is 0.756. The zero-order valence-electron chi connectivity index (χ0n) is 10.8. The Labute approximate surface area is 114 Å². The highest BCUT2D eigenvalue weighted by atomic mass is 19.1. The first kappa shape index (κ1) is 12.6. The van der Waals surface area contributed by atoms with Crippen LogP contribution in [-0.2, 0) is 0 Å². The van der Waals surface area contributed by atoms with E-state index in [1.54, 1.807) is 13.1 Å². The highest BCUT2D eigenvalue weighted by molar-refractivity contribution is 5.81. The Morgan fingerprint density at radius 1 is 1.15 bits per heavy atom. The van der Waals surface area contributed by atoms with E-state index in [1.165, 1.54) is 6.07 Å². The summed E-state index contributed by atoms with van der Waals surface area (Å²) in [6.07, 6.45) is 1.73. The normalized spacial score (nSPS) is 12.6. The number of H-pyrrole nitrogens is 1. The Kier molecular flexibility index (Phi) is 3.10. The maximum absolute atomic E-state index is 13.7. The molecular formula is C15H13F2N3. The number of benzene rings is 2. The summed E-state index contributed by atoms with van der Waals surface area (Å²) < 4.78 is 26.9. The molecule has 0 bridgehead atoms. The average molecular weight is 273 g/mol. The first-order chi connectivity index (χ1) is 9.63. The minimum Gasteiger partial charge on any atom is -0.378 e. The van der Waals surface area contributed by atoms with E-state index in [1.807, 2.05) is 18.2 Å². The first-order valence-corrected chi connectivity index (χ1v) is 6.28. The lowest BCUT2D eigenvalue weighted by Crippen LogP contribution is -2.09. The van der Waals surface area contributed by atoms with E-state index in [4.69, 9.17) is 0 Å². The molecule has 0 saturated carbocycles. The zero-order chi connectivity index (χ0) is 14.1. The van der Waals surface area contributed by atoms with Crippen LogP contribution in [0.3, 0.4) is 0 Å². The fraction of sp³-hybridized carbons (Fsp3) is 0.133. The summed E-state index contributed by atoms with van der Waals surface area (Å²) in [5, 5.41) is 11.0. The van der Waals surface area contributed by atoms with Gasteiger partial charge in [-0.1, -0.05) is 0 Å². The summed E-state index contributed by atoms with van der Waals surface area (Å²) in [6.45, 7) is 1.79. The van der Waals surface area contributed by atoms with Crippen LogP contribution in [-0.4, -0.2) is 10.2 Å². The van der Waals surface area contributed by atoms with Crippen molar-refractivity contribution in [2.24, 2.45) is 0 Å². The molecule has 5 heteroatoms. The molecule has 0 fully saturated rings. The number of aromatic nitrogens is 2. The minimum absolute atomic E-state index is 0.301. The molecule has 0 aliphatic rings. The molecule has 2 N–H and O–H groups in total.